The lowest BCUT2D eigenvalue weighted by Gasteiger charge is -2.20. The fourth-order valence-electron chi connectivity index (χ4n) is 2.02. The van der Waals surface area contributed by atoms with Crippen LogP contribution in [0.1, 0.15) is 19.8 Å². The van der Waals surface area contributed by atoms with E-state index in [9.17, 15) is 9.18 Å². The second kappa shape index (κ2) is 5.82. The van der Waals surface area contributed by atoms with Crippen LogP contribution in [0.15, 0.2) is 24.3 Å². The summed E-state index contributed by atoms with van der Waals surface area (Å²) in [6, 6.07) is 5.57. The predicted octanol–water partition coefficient (Wildman–Crippen LogP) is 2.51. The second-order valence-electron chi connectivity index (χ2n) is 4.42. The number of nitrogens with one attached hydrogen (secondary N) is 2. The Labute approximate surface area is 106 Å². The number of amides is 2. The molecule has 18 heavy (non-hydrogen) atoms. The van der Waals surface area contributed by atoms with Crippen LogP contribution in [-0.2, 0) is 4.74 Å². The van der Waals surface area contributed by atoms with Gasteiger partial charge in [0.05, 0.1) is 17.8 Å². The van der Waals surface area contributed by atoms with Crippen LogP contribution in [0.3, 0.4) is 0 Å². The lowest BCUT2D eigenvalue weighted by molar-refractivity contribution is 0.0868. The molecule has 0 saturated carbocycles. The molecule has 1 aliphatic heterocycles. The monoisotopic (exact) mass is 252 g/mol. The molecule has 1 aliphatic rings. The van der Waals surface area contributed by atoms with Gasteiger partial charge in [0.1, 0.15) is 5.82 Å². The molecule has 0 aliphatic carbocycles. The summed E-state index contributed by atoms with van der Waals surface area (Å²) in [5, 5.41) is 5.24. The molecule has 4 nitrogen and oxygen atoms in total. The molecule has 2 amide bonds. The summed E-state index contributed by atoms with van der Waals surface area (Å²) >= 11 is 0. The number of rotatable bonds is 3. The summed E-state index contributed by atoms with van der Waals surface area (Å²) in [7, 11) is 0. The summed E-state index contributed by atoms with van der Waals surface area (Å²) in [6.45, 7) is 2.63. The van der Waals surface area contributed by atoms with Gasteiger partial charge in [-0.15, -0.1) is 0 Å². The Kier molecular flexibility index (Phi) is 4.15. The van der Waals surface area contributed by atoms with E-state index in [2.05, 4.69) is 10.6 Å². The minimum absolute atomic E-state index is 0.0522. The van der Waals surface area contributed by atoms with Gasteiger partial charge in [-0.25, -0.2) is 9.18 Å². The van der Waals surface area contributed by atoms with E-state index in [4.69, 9.17) is 4.74 Å². The van der Waals surface area contributed by atoms with Crippen LogP contribution in [-0.4, -0.2) is 24.8 Å². The highest BCUT2D eigenvalue weighted by atomic mass is 19.1. The third-order valence-corrected chi connectivity index (χ3v) is 3.00. The minimum Gasteiger partial charge on any atom is -0.376 e. The predicted molar refractivity (Wildman–Crippen MR) is 67.0 cm³/mol. The minimum atomic E-state index is -0.447. The Morgan fingerprint density at radius 2 is 2.28 bits per heavy atom. The van der Waals surface area contributed by atoms with Gasteiger partial charge in [-0.2, -0.15) is 0 Å². The van der Waals surface area contributed by atoms with Gasteiger partial charge in [0, 0.05) is 6.61 Å². The van der Waals surface area contributed by atoms with Crippen LogP contribution in [0.4, 0.5) is 14.9 Å². The molecule has 1 saturated heterocycles. The maximum Gasteiger partial charge on any atom is 0.319 e. The molecule has 2 unspecified atom stereocenters. The number of carbonyl (C=O) groups excluding carboxylic acids is 1. The number of ether oxygens (including phenoxy) is 1. The smallest absolute Gasteiger partial charge is 0.319 e. The summed E-state index contributed by atoms with van der Waals surface area (Å²) in [6.07, 6.45) is 2.02. The fourth-order valence-corrected chi connectivity index (χ4v) is 2.02. The second-order valence-corrected chi connectivity index (χ2v) is 4.42. The van der Waals surface area contributed by atoms with Crippen LogP contribution in [0.25, 0.3) is 0 Å². The molecule has 0 spiro atoms. The number of carbonyl (C=O) groups is 1. The van der Waals surface area contributed by atoms with Crippen molar-refractivity contribution in [3.8, 4) is 0 Å². The lowest BCUT2D eigenvalue weighted by atomic mass is 10.1. The van der Waals surface area contributed by atoms with E-state index in [1.54, 1.807) is 12.1 Å². The van der Waals surface area contributed by atoms with Crippen LogP contribution in [0.5, 0.6) is 0 Å². The number of para-hydroxylation sites is 1. The first-order chi connectivity index (χ1) is 8.66. The first-order valence-corrected chi connectivity index (χ1v) is 6.10. The first kappa shape index (κ1) is 12.8. The number of halogens is 1. The van der Waals surface area contributed by atoms with Crippen LogP contribution >= 0.6 is 0 Å². The number of urea groups is 1. The van der Waals surface area contributed by atoms with E-state index in [0.717, 1.165) is 19.4 Å². The van der Waals surface area contributed by atoms with Crippen LogP contribution < -0.4 is 10.6 Å². The third kappa shape index (κ3) is 3.20. The highest BCUT2D eigenvalue weighted by Crippen LogP contribution is 2.16. The highest BCUT2D eigenvalue weighted by Gasteiger charge is 2.23. The van der Waals surface area contributed by atoms with Crippen molar-refractivity contribution in [2.45, 2.75) is 31.9 Å². The molecule has 2 rings (SSSR count). The van der Waals surface area contributed by atoms with E-state index in [1.807, 2.05) is 6.92 Å². The van der Waals surface area contributed by atoms with Crippen molar-refractivity contribution in [3.05, 3.63) is 30.1 Å². The van der Waals surface area contributed by atoms with E-state index in [0.29, 0.717) is 0 Å². The number of hydrogen-bond acceptors (Lipinski definition) is 2. The molecule has 0 radical (unpaired) electrons. The van der Waals surface area contributed by atoms with Crippen LogP contribution in [0.2, 0.25) is 0 Å². The largest absolute Gasteiger partial charge is 0.376 e. The fraction of sp³-hybridized carbons (Fsp3) is 0.462. The Morgan fingerprint density at radius 1 is 1.50 bits per heavy atom. The Hall–Kier alpha value is -1.62. The van der Waals surface area contributed by atoms with Crippen LogP contribution in [0, 0.1) is 5.82 Å². The normalized spacial score (nSPS) is 20.4. The Bertz CT molecular complexity index is 419. The summed E-state index contributed by atoms with van der Waals surface area (Å²) in [5.74, 6) is -0.447. The molecule has 1 aromatic rings. The molecular formula is C13H17FN2O2. The number of hydrogen-bond donors (Lipinski definition) is 2. The SMILES string of the molecule is CC(NC(=O)Nc1ccccc1F)C1CCCO1. The highest BCUT2D eigenvalue weighted by molar-refractivity contribution is 5.89. The quantitative estimate of drug-likeness (QED) is 0.868. The maximum atomic E-state index is 13.3. The van der Waals surface area contributed by atoms with Gasteiger partial charge in [-0.1, -0.05) is 12.1 Å². The maximum absolute atomic E-state index is 13.3. The average molecular weight is 252 g/mol. The molecule has 1 aromatic carbocycles. The number of anilines is 1. The van der Waals surface area contributed by atoms with Crippen molar-refractivity contribution in [3.63, 3.8) is 0 Å². The van der Waals surface area contributed by atoms with Crippen molar-refractivity contribution >= 4 is 11.7 Å². The van der Waals surface area contributed by atoms with Gasteiger partial charge >= 0.3 is 6.03 Å². The lowest BCUT2D eigenvalue weighted by Crippen LogP contribution is -2.43. The molecule has 0 bridgehead atoms. The van der Waals surface area contributed by atoms with E-state index >= 15 is 0 Å². The Balaban J connectivity index is 1.86. The molecule has 98 valence electrons. The standard InChI is InChI=1S/C13H17FN2O2/c1-9(12-7-4-8-18-12)15-13(17)16-11-6-3-2-5-10(11)14/h2-3,5-6,9,12H,4,7-8H2,1H3,(H2,15,16,17). The molecule has 2 atom stereocenters. The van der Waals surface area contributed by atoms with Gasteiger partial charge in [-0.3, -0.25) is 0 Å². The Morgan fingerprint density at radius 3 is 2.94 bits per heavy atom. The van der Waals surface area contributed by atoms with Gasteiger partial charge in [0.2, 0.25) is 0 Å². The van der Waals surface area contributed by atoms with Crippen molar-refractivity contribution < 1.29 is 13.9 Å². The molecule has 1 heterocycles. The van der Waals surface area contributed by atoms with Crippen molar-refractivity contribution in [1.82, 2.24) is 5.32 Å². The van der Waals surface area contributed by atoms with Crippen molar-refractivity contribution in [2.24, 2.45) is 0 Å². The van der Waals surface area contributed by atoms with E-state index < -0.39 is 11.8 Å². The zero-order valence-corrected chi connectivity index (χ0v) is 10.3. The zero-order valence-electron chi connectivity index (χ0n) is 10.3. The van der Waals surface area contributed by atoms with E-state index in [1.165, 1.54) is 12.1 Å². The van der Waals surface area contributed by atoms with Gasteiger partial charge in [0.15, 0.2) is 0 Å². The van der Waals surface area contributed by atoms with Gasteiger partial charge in [-0.05, 0) is 31.9 Å². The summed E-state index contributed by atoms with van der Waals surface area (Å²) < 4.78 is 18.8. The summed E-state index contributed by atoms with van der Waals surface area (Å²) in [4.78, 5) is 11.7. The molecule has 1 fully saturated rings. The number of benzene rings is 1. The molecular weight excluding hydrogens is 235 g/mol. The topological polar surface area (TPSA) is 50.4 Å². The van der Waals surface area contributed by atoms with Crippen molar-refractivity contribution in [2.75, 3.05) is 11.9 Å². The molecule has 5 heteroatoms. The van der Waals surface area contributed by atoms with Crippen molar-refractivity contribution in [1.29, 1.82) is 0 Å². The first-order valence-electron chi connectivity index (χ1n) is 6.10. The molecule has 0 aromatic heterocycles. The van der Waals surface area contributed by atoms with Gasteiger partial charge in [0.25, 0.3) is 0 Å². The molecule has 2 N–H and O–H groups in total. The zero-order chi connectivity index (χ0) is 13.0. The van der Waals surface area contributed by atoms with E-state index in [-0.39, 0.29) is 17.8 Å². The summed E-state index contributed by atoms with van der Waals surface area (Å²) in [5.41, 5.74) is 0.176. The van der Waals surface area contributed by atoms with Gasteiger partial charge < -0.3 is 15.4 Å². The third-order valence-electron chi connectivity index (χ3n) is 3.00. The average Bonchev–Trinajstić information content (AvgIpc) is 2.85.